The van der Waals surface area contributed by atoms with E-state index in [0.717, 1.165) is 14.9 Å². The lowest BCUT2D eigenvalue weighted by atomic mass is 10.1. The van der Waals surface area contributed by atoms with Crippen LogP contribution < -0.4 is 16.6 Å². The molecule has 1 atom stereocenters. The smallest absolute Gasteiger partial charge is 0.387 e. The Bertz CT molecular complexity index is 1320. The van der Waals surface area contributed by atoms with Crippen molar-refractivity contribution in [3.05, 3.63) is 68.4 Å². The molecule has 1 amide bonds. The molecular formula is C20H19N5O4S. The molecule has 0 saturated heterocycles. The molecule has 1 N–H and O–H groups in total. The minimum absolute atomic E-state index is 0.137. The number of hydrogen-bond donors (Lipinski definition) is 1. The van der Waals surface area contributed by atoms with E-state index in [-0.39, 0.29) is 30.4 Å². The predicted molar refractivity (Wildman–Crippen MR) is 112 cm³/mol. The van der Waals surface area contributed by atoms with Crippen LogP contribution in [0.5, 0.6) is 0 Å². The van der Waals surface area contributed by atoms with Gasteiger partial charge in [0.25, 0.3) is 11.4 Å². The summed E-state index contributed by atoms with van der Waals surface area (Å²) < 4.78 is 7.49. The Balaban J connectivity index is 1.45. The molecule has 0 spiro atoms. The summed E-state index contributed by atoms with van der Waals surface area (Å²) >= 11 is 1.41. The SMILES string of the molecule is Cc1nn(CC(=O)N[C@@H](C)Cn2nc(-c3cccs3)oc2=O)c(=O)c2ccccc12. The summed E-state index contributed by atoms with van der Waals surface area (Å²) in [5, 5.41) is 14.3. The van der Waals surface area contributed by atoms with Crippen molar-refractivity contribution in [3.8, 4) is 10.8 Å². The highest BCUT2D eigenvalue weighted by Gasteiger charge is 2.16. The van der Waals surface area contributed by atoms with Gasteiger partial charge in [-0.3, -0.25) is 9.59 Å². The molecule has 3 heterocycles. The summed E-state index contributed by atoms with van der Waals surface area (Å²) in [5.74, 6) is -0.736. The average Bonchev–Trinajstić information content (AvgIpc) is 3.36. The summed E-state index contributed by atoms with van der Waals surface area (Å²) in [5.41, 5.74) is 0.341. The van der Waals surface area contributed by atoms with Crippen LogP contribution in [-0.2, 0) is 17.9 Å². The Morgan fingerprint density at radius 2 is 1.90 bits per heavy atom. The number of carbonyl (C=O) groups excluding carboxylic acids is 1. The molecule has 30 heavy (non-hydrogen) atoms. The fourth-order valence-electron chi connectivity index (χ4n) is 3.19. The third kappa shape index (κ3) is 3.94. The van der Waals surface area contributed by atoms with Crippen molar-refractivity contribution >= 4 is 28.0 Å². The summed E-state index contributed by atoms with van der Waals surface area (Å²) in [4.78, 5) is 37.8. The van der Waals surface area contributed by atoms with Gasteiger partial charge < -0.3 is 9.73 Å². The number of amides is 1. The van der Waals surface area contributed by atoms with Crippen molar-refractivity contribution in [1.82, 2.24) is 24.9 Å². The Morgan fingerprint density at radius 3 is 2.63 bits per heavy atom. The normalized spacial score (nSPS) is 12.2. The lowest BCUT2D eigenvalue weighted by Gasteiger charge is -2.14. The highest BCUT2D eigenvalue weighted by Crippen LogP contribution is 2.21. The van der Waals surface area contributed by atoms with Crippen LogP contribution in [0.1, 0.15) is 12.6 Å². The third-order valence-corrected chi connectivity index (χ3v) is 5.40. The standard InChI is InChI=1S/C20H19N5O4S/c1-12(10-25-20(28)29-18(23-25)16-8-5-9-30-16)21-17(26)11-24-19(27)15-7-4-3-6-14(15)13(2)22-24/h3-9,12H,10-11H2,1-2H3,(H,21,26)/t12-/m0/s1. The molecule has 0 aliphatic heterocycles. The van der Waals surface area contributed by atoms with Gasteiger partial charge in [0.2, 0.25) is 5.91 Å². The molecule has 3 aromatic heterocycles. The summed E-state index contributed by atoms with van der Waals surface area (Å²) in [7, 11) is 0. The molecule has 9 nitrogen and oxygen atoms in total. The van der Waals surface area contributed by atoms with Crippen LogP contribution in [0.25, 0.3) is 21.5 Å². The molecule has 0 unspecified atom stereocenters. The summed E-state index contributed by atoms with van der Waals surface area (Å²) in [6.07, 6.45) is 0. The molecule has 4 rings (SSSR count). The maximum atomic E-state index is 12.6. The zero-order valence-electron chi connectivity index (χ0n) is 16.4. The molecule has 0 radical (unpaired) electrons. The second-order valence-electron chi connectivity index (χ2n) is 6.89. The summed E-state index contributed by atoms with van der Waals surface area (Å²) in [6, 6.07) is 10.4. The van der Waals surface area contributed by atoms with Crippen molar-refractivity contribution in [2.45, 2.75) is 33.0 Å². The summed E-state index contributed by atoms with van der Waals surface area (Å²) in [6.45, 7) is 3.45. The van der Waals surface area contributed by atoms with Crippen LogP contribution in [0.3, 0.4) is 0 Å². The van der Waals surface area contributed by atoms with Gasteiger partial charge in [0, 0.05) is 11.4 Å². The van der Waals surface area contributed by atoms with E-state index in [9.17, 15) is 14.4 Å². The van der Waals surface area contributed by atoms with Crippen LogP contribution in [0.15, 0.2) is 55.8 Å². The quantitative estimate of drug-likeness (QED) is 0.504. The number of rotatable bonds is 6. The first-order chi connectivity index (χ1) is 14.4. The first-order valence-electron chi connectivity index (χ1n) is 9.30. The Kier molecular flexibility index (Phi) is 5.32. The van der Waals surface area contributed by atoms with Gasteiger partial charge in [-0.05, 0) is 31.4 Å². The van der Waals surface area contributed by atoms with Gasteiger partial charge in [0.1, 0.15) is 6.54 Å². The number of fused-ring (bicyclic) bond motifs is 1. The molecule has 0 saturated carbocycles. The molecular weight excluding hydrogens is 406 g/mol. The van der Waals surface area contributed by atoms with E-state index >= 15 is 0 Å². The van der Waals surface area contributed by atoms with Crippen molar-refractivity contribution < 1.29 is 9.21 Å². The Labute approximate surface area is 174 Å². The monoisotopic (exact) mass is 425 g/mol. The van der Waals surface area contributed by atoms with Crippen LogP contribution in [0.2, 0.25) is 0 Å². The van der Waals surface area contributed by atoms with Gasteiger partial charge in [-0.25, -0.2) is 9.48 Å². The van der Waals surface area contributed by atoms with Crippen molar-refractivity contribution in [2.24, 2.45) is 0 Å². The largest absolute Gasteiger partial charge is 0.437 e. The molecule has 0 fully saturated rings. The van der Waals surface area contributed by atoms with E-state index < -0.39 is 11.8 Å². The highest BCUT2D eigenvalue weighted by atomic mass is 32.1. The van der Waals surface area contributed by atoms with Gasteiger partial charge in [0.05, 0.1) is 22.5 Å². The van der Waals surface area contributed by atoms with E-state index in [1.54, 1.807) is 26.0 Å². The second kappa shape index (κ2) is 8.07. The van der Waals surface area contributed by atoms with E-state index in [4.69, 9.17) is 4.42 Å². The Hall–Kier alpha value is -3.53. The maximum absolute atomic E-state index is 12.6. The van der Waals surface area contributed by atoms with E-state index in [1.165, 1.54) is 16.0 Å². The fourth-order valence-corrected chi connectivity index (χ4v) is 3.84. The third-order valence-electron chi connectivity index (χ3n) is 4.54. The van der Waals surface area contributed by atoms with Crippen LogP contribution in [0, 0.1) is 6.92 Å². The molecule has 1 aromatic carbocycles. The Morgan fingerprint density at radius 1 is 1.13 bits per heavy atom. The number of aromatic nitrogens is 4. The van der Waals surface area contributed by atoms with Crippen molar-refractivity contribution in [1.29, 1.82) is 0 Å². The molecule has 4 aromatic rings. The first kappa shape index (κ1) is 19.8. The topological polar surface area (TPSA) is 112 Å². The first-order valence-corrected chi connectivity index (χ1v) is 10.2. The number of nitrogens with zero attached hydrogens (tertiary/aromatic N) is 4. The lowest BCUT2D eigenvalue weighted by molar-refractivity contribution is -0.122. The zero-order chi connectivity index (χ0) is 21.3. The number of thiophene rings is 1. The van der Waals surface area contributed by atoms with Gasteiger partial charge in [-0.2, -0.15) is 9.78 Å². The molecule has 154 valence electrons. The van der Waals surface area contributed by atoms with E-state index in [0.29, 0.717) is 11.1 Å². The van der Waals surface area contributed by atoms with E-state index in [1.807, 2.05) is 29.6 Å². The molecule has 0 aliphatic carbocycles. The van der Waals surface area contributed by atoms with Crippen molar-refractivity contribution in [3.63, 3.8) is 0 Å². The zero-order valence-corrected chi connectivity index (χ0v) is 17.2. The van der Waals surface area contributed by atoms with E-state index in [2.05, 4.69) is 15.5 Å². The lowest BCUT2D eigenvalue weighted by Crippen LogP contribution is -2.41. The molecule has 0 aliphatic rings. The molecule has 0 bridgehead atoms. The van der Waals surface area contributed by atoms with Crippen molar-refractivity contribution in [2.75, 3.05) is 0 Å². The second-order valence-corrected chi connectivity index (χ2v) is 7.84. The number of aryl methyl sites for hydroxylation is 1. The number of nitrogens with one attached hydrogen (secondary N) is 1. The highest BCUT2D eigenvalue weighted by molar-refractivity contribution is 7.13. The van der Waals surface area contributed by atoms with Gasteiger partial charge >= 0.3 is 5.76 Å². The minimum atomic E-state index is -0.595. The van der Waals surface area contributed by atoms with Crippen LogP contribution in [-0.4, -0.2) is 31.5 Å². The van der Waals surface area contributed by atoms with Gasteiger partial charge in [0.15, 0.2) is 0 Å². The van der Waals surface area contributed by atoms with Gasteiger partial charge in [-0.15, -0.1) is 16.4 Å². The van der Waals surface area contributed by atoms with Crippen LogP contribution >= 0.6 is 11.3 Å². The fraction of sp³-hybridized carbons (Fsp3) is 0.250. The van der Waals surface area contributed by atoms with Crippen LogP contribution in [0.4, 0.5) is 0 Å². The number of benzene rings is 1. The molecule has 10 heteroatoms. The number of hydrogen-bond acceptors (Lipinski definition) is 7. The van der Waals surface area contributed by atoms with Gasteiger partial charge in [-0.1, -0.05) is 24.3 Å². The minimum Gasteiger partial charge on any atom is -0.387 e. The predicted octanol–water partition coefficient (Wildman–Crippen LogP) is 1.79. The maximum Gasteiger partial charge on any atom is 0.437 e. The number of carbonyl (C=O) groups is 1. The average molecular weight is 425 g/mol.